The lowest BCUT2D eigenvalue weighted by Gasteiger charge is -2.33. The Labute approximate surface area is 152 Å². The highest BCUT2D eigenvalue weighted by Gasteiger charge is 2.32. The number of anilines is 1. The molecule has 134 valence electrons. The Kier molecular flexibility index (Phi) is 4.29. The summed E-state index contributed by atoms with van der Waals surface area (Å²) in [6, 6.07) is 5.50. The van der Waals surface area contributed by atoms with Gasteiger partial charge in [-0.15, -0.1) is 0 Å². The minimum atomic E-state index is -3.44. The standard InChI is InChI=1S/C17H22N4O2S2/c1-12-3-6-15(13(2)11-12)25(22,23)21-9-7-20(8-10-21)17-18-16(19-24-17)14-4-5-14/h3,6,11,14H,4-5,7-10H2,1-2H3. The molecule has 1 saturated carbocycles. The van der Waals surface area contributed by atoms with E-state index in [0.717, 1.165) is 22.1 Å². The summed E-state index contributed by atoms with van der Waals surface area (Å²) in [5.74, 6) is 1.52. The van der Waals surface area contributed by atoms with E-state index in [9.17, 15) is 8.42 Å². The molecule has 6 nitrogen and oxygen atoms in total. The third-order valence-electron chi connectivity index (χ3n) is 4.83. The molecule has 8 heteroatoms. The molecule has 0 atom stereocenters. The molecular weight excluding hydrogens is 356 g/mol. The molecule has 0 bridgehead atoms. The molecule has 2 aliphatic rings. The zero-order valence-electron chi connectivity index (χ0n) is 14.5. The Balaban J connectivity index is 1.46. The summed E-state index contributed by atoms with van der Waals surface area (Å²) in [6.45, 7) is 6.10. The van der Waals surface area contributed by atoms with E-state index >= 15 is 0 Å². The molecule has 2 fully saturated rings. The highest BCUT2D eigenvalue weighted by Crippen LogP contribution is 2.39. The van der Waals surface area contributed by atoms with Crippen LogP contribution in [0.15, 0.2) is 23.1 Å². The number of piperazine rings is 1. The van der Waals surface area contributed by atoms with Crippen molar-refractivity contribution in [3.63, 3.8) is 0 Å². The van der Waals surface area contributed by atoms with Crippen LogP contribution in [0.4, 0.5) is 5.13 Å². The molecule has 1 aromatic carbocycles. The monoisotopic (exact) mass is 378 g/mol. The molecule has 0 amide bonds. The van der Waals surface area contributed by atoms with Crippen molar-refractivity contribution in [2.75, 3.05) is 31.1 Å². The average Bonchev–Trinajstić information content (AvgIpc) is 3.32. The number of hydrogen-bond acceptors (Lipinski definition) is 6. The quantitative estimate of drug-likeness (QED) is 0.818. The molecule has 1 aliphatic heterocycles. The average molecular weight is 379 g/mol. The van der Waals surface area contributed by atoms with Crippen molar-refractivity contribution in [3.05, 3.63) is 35.2 Å². The van der Waals surface area contributed by atoms with Crippen LogP contribution < -0.4 is 4.90 Å². The first kappa shape index (κ1) is 16.9. The van der Waals surface area contributed by atoms with Gasteiger partial charge in [0, 0.05) is 43.6 Å². The molecule has 2 aromatic rings. The fourth-order valence-electron chi connectivity index (χ4n) is 3.21. The lowest BCUT2D eigenvalue weighted by Crippen LogP contribution is -2.48. The predicted octanol–water partition coefficient (Wildman–Crippen LogP) is 2.54. The highest BCUT2D eigenvalue weighted by atomic mass is 32.2. The first-order valence-corrected chi connectivity index (χ1v) is 10.8. The van der Waals surface area contributed by atoms with Crippen LogP contribution in [0, 0.1) is 13.8 Å². The van der Waals surface area contributed by atoms with Crippen LogP contribution in [0.25, 0.3) is 0 Å². The summed E-state index contributed by atoms with van der Waals surface area (Å²) < 4.78 is 31.9. The van der Waals surface area contributed by atoms with Crippen molar-refractivity contribution in [1.29, 1.82) is 0 Å². The van der Waals surface area contributed by atoms with Gasteiger partial charge in [0.2, 0.25) is 15.2 Å². The van der Waals surface area contributed by atoms with Gasteiger partial charge in [-0.05, 0) is 38.3 Å². The smallest absolute Gasteiger partial charge is 0.243 e. The van der Waals surface area contributed by atoms with Gasteiger partial charge in [0.05, 0.1) is 4.90 Å². The van der Waals surface area contributed by atoms with E-state index in [0.29, 0.717) is 37.0 Å². The van der Waals surface area contributed by atoms with Gasteiger partial charge >= 0.3 is 0 Å². The topological polar surface area (TPSA) is 66.4 Å². The van der Waals surface area contributed by atoms with Gasteiger partial charge in [-0.25, -0.2) is 13.4 Å². The highest BCUT2D eigenvalue weighted by molar-refractivity contribution is 7.89. The van der Waals surface area contributed by atoms with Crippen molar-refractivity contribution in [2.24, 2.45) is 0 Å². The summed E-state index contributed by atoms with van der Waals surface area (Å²) in [5, 5.41) is 0.922. The van der Waals surface area contributed by atoms with E-state index in [1.807, 2.05) is 26.0 Å². The van der Waals surface area contributed by atoms with Gasteiger partial charge in [0.25, 0.3) is 0 Å². The molecule has 4 rings (SSSR count). The number of rotatable bonds is 4. The zero-order valence-corrected chi connectivity index (χ0v) is 16.1. The van der Waals surface area contributed by atoms with E-state index in [4.69, 9.17) is 0 Å². The van der Waals surface area contributed by atoms with Gasteiger partial charge in [0.1, 0.15) is 5.82 Å². The maximum Gasteiger partial charge on any atom is 0.243 e. The molecule has 1 aliphatic carbocycles. The molecule has 0 unspecified atom stereocenters. The molecule has 2 heterocycles. The number of benzene rings is 1. The van der Waals surface area contributed by atoms with Crippen LogP contribution in [0.5, 0.6) is 0 Å². The summed E-state index contributed by atoms with van der Waals surface area (Å²) in [7, 11) is -3.44. The summed E-state index contributed by atoms with van der Waals surface area (Å²) in [4.78, 5) is 7.20. The molecule has 25 heavy (non-hydrogen) atoms. The normalized spacial score (nSPS) is 19.4. The van der Waals surface area contributed by atoms with Crippen LogP contribution in [-0.4, -0.2) is 48.3 Å². The maximum atomic E-state index is 12.9. The van der Waals surface area contributed by atoms with Gasteiger partial charge in [0.15, 0.2) is 0 Å². The summed E-state index contributed by atoms with van der Waals surface area (Å²) >= 11 is 1.43. The lowest BCUT2D eigenvalue weighted by atomic mass is 10.2. The number of aromatic nitrogens is 2. The molecular formula is C17H22N4O2S2. The third kappa shape index (κ3) is 3.30. The Morgan fingerprint density at radius 3 is 2.48 bits per heavy atom. The van der Waals surface area contributed by atoms with Crippen LogP contribution >= 0.6 is 11.5 Å². The van der Waals surface area contributed by atoms with Gasteiger partial charge < -0.3 is 4.90 Å². The molecule has 1 aromatic heterocycles. The van der Waals surface area contributed by atoms with Gasteiger partial charge in [-0.2, -0.15) is 8.68 Å². The van der Waals surface area contributed by atoms with Crippen LogP contribution in [-0.2, 0) is 10.0 Å². The largest absolute Gasteiger partial charge is 0.344 e. The number of sulfonamides is 1. The minimum absolute atomic E-state index is 0.415. The molecule has 0 spiro atoms. The predicted molar refractivity (Wildman–Crippen MR) is 98.8 cm³/mol. The van der Waals surface area contributed by atoms with E-state index in [2.05, 4.69) is 14.3 Å². The second-order valence-corrected chi connectivity index (χ2v) is 9.51. The summed E-state index contributed by atoms with van der Waals surface area (Å²) in [6.07, 6.45) is 2.39. The lowest BCUT2D eigenvalue weighted by molar-refractivity contribution is 0.384. The minimum Gasteiger partial charge on any atom is -0.344 e. The molecule has 0 N–H and O–H groups in total. The van der Waals surface area contributed by atoms with Crippen LogP contribution in [0.1, 0.15) is 35.7 Å². The number of hydrogen-bond donors (Lipinski definition) is 0. The van der Waals surface area contributed by atoms with Gasteiger partial charge in [-0.3, -0.25) is 0 Å². The second kappa shape index (κ2) is 6.34. The number of nitrogens with zero attached hydrogens (tertiary/aromatic N) is 4. The Hall–Kier alpha value is -1.51. The van der Waals surface area contributed by atoms with Crippen molar-refractivity contribution in [1.82, 2.24) is 13.7 Å². The second-order valence-electron chi connectivity index (χ2n) is 6.87. The van der Waals surface area contributed by atoms with E-state index in [-0.39, 0.29) is 0 Å². The van der Waals surface area contributed by atoms with E-state index < -0.39 is 10.0 Å². The first-order chi connectivity index (χ1) is 11.9. The molecule has 0 radical (unpaired) electrons. The Morgan fingerprint density at radius 1 is 1.12 bits per heavy atom. The number of aryl methyl sites for hydroxylation is 2. The fourth-order valence-corrected chi connectivity index (χ4v) is 5.64. The maximum absolute atomic E-state index is 12.9. The van der Waals surface area contributed by atoms with E-state index in [1.165, 1.54) is 24.4 Å². The van der Waals surface area contributed by atoms with E-state index in [1.54, 1.807) is 10.4 Å². The van der Waals surface area contributed by atoms with Crippen molar-refractivity contribution in [2.45, 2.75) is 37.5 Å². The third-order valence-corrected chi connectivity index (χ3v) is 7.68. The first-order valence-electron chi connectivity index (χ1n) is 8.61. The fraction of sp³-hybridized carbons (Fsp3) is 0.529. The SMILES string of the molecule is Cc1ccc(S(=O)(=O)N2CCN(c3nc(C4CC4)ns3)CC2)c(C)c1. The van der Waals surface area contributed by atoms with Gasteiger partial charge in [-0.1, -0.05) is 17.7 Å². The van der Waals surface area contributed by atoms with Crippen LogP contribution in [0.3, 0.4) is 0 Å². The van der Waals surface area contributed by atoms with Crippen molar-refractivity contribution >= 4 is 26.7 Å². The Bertz CT molecular complexity index is 882. The Morgan fingerprint density at radius 2 is 1.84 bits per heavy atom. The zero-order chi connectivity index (χ0) is 17.6. The molecule has 1 saturated heterocycles. The van der Waals surface area contributed by atoms with Crippen molar-refractivity contribution < 1.29 is 8.42 Å². The summed E-state index contributed by atoms with van der Waals surface area (Å²) in [5.41, 5.74) is 1.88. The van der Waals surface area contributed by atoms with Crippen LogP contribution in [0.2, 0.25) is 0 Å². The van der Waals surface area contributed by atoms with Crippen molar-refractivity contribution in [3.8, 4) is 0 Å².